The topological polar surface area (TPSA) is 64.1 Å². The van der Waals surface area contributed by atoms with Gasteiger partial charge < -0.3 is 9.72 Å². The second-order valence-corrected chi connectivity index (χ2v) is 8.31. The molecular formula is C21H20N2O3S. The maximum Gasteiger partial charge on any atom is 0.329 e. The molecule has 1 saturated carbocycles. The van der Waals surface area contributed by atoms with Gasteiger partial charge in [-0.1, -0.05) is 6.07 Å². The van der Waals surface area contributed by atoms with Crippen LogP contribution in [0, 0.1) is 0 Å². The van der Waals surface area contributed by atoms with E-state index in [1.54, 1.807) is 22.4 Å². The Bertz CT molecular complexity index is 1110. The standard InChI is InChI=1S/C21H20N2O3S/c1-26-21(25)17-11-27-20-19(13-3-4-13)15(10-18(24)23(17)20)9-12-2-5-16-14(8-12)6-7-22-16/h2,5-8,10,13,17,22H,3-4,9,11H2,1H3/t17-/m0/s1. The molecule has 3 aromatic rings. The van der Waals surface area contributed by atoms with Crippen molar-refractivity contribution in [3.05, 3.63) is 63.6 Å². The number of methoxy groups -OCH3 is 1. The molecule has 1 atom stereocenters. The lowest BCUT2D eigenvalue weighted by atomic mass is 9.97. The summed E-state index contributed by atoms with van der Waals surface area (Å²) in [4.78, 5) is 28.2. The molecule has 0 amide bonds. The molecule has 138 valence electrons. The fourth-order valence-corrected chi connectivity index (χ4v) is 5.45. The van der Waals surface area contributed by atoms with Gasteiger partial charge in [0.15, 0.2) is 0 Å². The fraction of sp³-hybridized carbons (Fsp3) is 0.333. The van der Waals surface area contributed by atoms with Crippen LogP contribution in [0.5, 0.6) is 0 Å². The van der Waals surface area contributed by atoms with E-state index in [2.05, 4.69) is 29.2 Å². The van der Waals surface area contributed by atoms with Gasteiger partial charge in [0.25, 0.3) is 5.56 Å². The van der Waals surface area contributed by atoms with Crippen molar-refractivity contribution in [1.82, 2.24) is 9.55 Å². The highest BCUT2D eigenvalue weighted by molar-refractivity contribution is 7.99. The molecule has 0 unspecified atom stereocenters. The number of nitrogens with one attached hydrogen (secondary N) is 1. The highest BCUT2D eigenvalue weighted by Crippen LogP contribution is 2.48. The third-order valence-electron chi connectivity index (χ3n) is 5.49. The lowest BCUT2D eigenvalue weighted by molar-refractivity contribution is -0.143. The van der Waals surface area contributed by atoms with Gasteiger partial charge in [-0.25, -0.2) is 4.79 Å². The zero-order chi connectivity index (χ0) is 18.5. The van der Waals surface area contributed by atoms with Crippen molar-refractivity contribution in [2.75, 3.05) is 12.9 Å². The first-order chi connectivity index (χ1) is 13.2. The number of pyridine rings is 1. The number of thioether (sulfide) groups is 1. The van der Waals surface area contributed by atoms with Crippen LogP contribution < -0.4 is 5.56 Å². The number of carbonyl (C=O) groups excluding carboxylic acids is 1. The SMILES string of the molecule is COC(=O)[C@@H]1CSc2c(C3CC3)c(Cc3ccc4[nH]ccc4c3)cc(=O)n21. The highest BCUT2D eigenvalue weighted by atomic mass is 32.2. The summed E-state index contributed by atoms with van der Waals surface area (Å²) in [5, 5.41) is 2.15. The summed E-state index contributed by atoms with van der Waals surface area (Å²) in [7, 11) is 1.38. The molecule has 1 aromatic carbocycles. The summed E-state index contributed by atoms with van der Waals surface area (Å²) in [5.74, 6) is 0.734. The predicted molar refractivity (Wildman–Crippen MR) is 106 cm³/mol. The lowest BCUT2D eigenvalue weighted by Gasteiger charge is -2.17. The molecule has 1 aliphatic carbocycles. The summed E-state index contributed by atoms with van der Waals surface area (Å²) in [5.41, 5.74) is 4.57. The van der Waals surface area contributed by atoms with Gasteiger partial charge in [-0.05, 0) is 65.5 Å². The van der Waals surface area contributed by atoms with E-state index in [1.165, 1.54) is 23.6 Å². The lowest BCUT2D eigenvalue weighted by Crippen LogP contribution is -2.30. The molecule has 5 nitrogen and oxygen atoms in total. The average molecular weight is 380 g/mol. The zero-order valence-electron chi connectivity index (χ0n) is 15.0. The van der Waals surface area contributed by atoms with Crippen LogP contribution >= 0.6 is 11.8 Å². The van der Waals surface area contributed by atoms with Crippen LogP contribution in [-0.2, 0) is 16.0 Å². The first kappa shape index (κ1) is 16.7. The molecular weight excluding hydrogens is 360 g/mol. The fourth-order valence-electron chi connectivity index (χ4n) is 4.04. The minimum Gasteiger partial charge on any atom is -0.467 e. The molecule has 0 spiro atoms. The Morgan fingerprint density at radius 2 is 2.15 bits per heavy atom. The number of nitrogens with zero attached hydrogens (tertiary/aromatic N) is 1. The largest absolute Gasteiger partial charge is 0.467 e. The zero-order valence-corrected chi connectivity index (χ0v) is 15.8. The number of aromatic nitrogens is 2. The maximum absolute atomic E-state index is 12.9. The van der Waals surface area contributed by atoms with E-state index in [0.29, 0.717) is 11.7 Å². The van der Waals surface area contributed by atoms with E-state index >= 15 is 0 Å². The third kappa shape index (κ3) is 2.79. The molecule has 6 heteroatoms. The van der Waals surface area contributed by atoms with Crippen molar-refractivity contribution in [2.24, 2.45) is 0 Å². The van der Waals surface area contributed by atoms with Gasteiger partial charge >= 0.3 is 5.97 Å². The molecule has 27 heavy (non-hydrogen) atoms. The molecule has 3 heterocycles. The van der Waals surface area contributed by atoms with Crippen molar-refractivity contribution in [3.8, 4) is 0 Å². The van der Waals surface area contributed by atoms with Gasteiger partial charge in [-0.3, -0.25) is 9.36 Å². The summed E-state index contributed by atoms with van der Waals surface area (Å²) in [6.07, 6.45) is 4.98. The first-order valence-corrected chi connectivity index (χ1v) is 10.2. The van der Waals surface area contributed by atoms with Gasteiger partial charge in [-0.2, -0.15) is 0 Å². The Hall–Kier alpha value is -2.47. The van der Waals surface area contributed by atoms with Gasteiger partial charge in [-0.15, -0.1) is 11.8 Å². The van der Waals surface area contributed by atoms with E-state index in [-0.39, 0.29) is 11.5 Å². The smallest absolute Gasteiger partial charge is 0.329 e. The summed E-state index contributed by atoms with van der Waals surface area (Å²) in [6.45, 7) is 0. The normalized spacial score (nSPS) is 18.6. The van der Waals surface area contributed by atoms with Crippen molar-refractivity contribution in [1.29, 1.82) is 0 Å². The van der Waals surface area contributed by atoms with Gasteiger partial charge in [0.1, 0.15) is 6.04 Å². The Kier molecular flexibility index (Phi) is 3.90. The minimum absolute atomic E-state index is 0.104. The van der Waals surface area contributed by atoms with Crippen LogP contribution in [0.3, 0.4) is 0 Å². The van der Waals surface area contributed by atoms with Crippen LogP contribution in [0.4, 0.5) is 0 Å². The monoisotopic (exact) mass is 380 g/mol. The quantitative estimate of drug-likeness (QED) is 0.702. The minimum atomic E-state index is -0.509. The van der Waals surface area contributed by atoms with E-state index in [0.717, 1.165) is 35.4 Å². The van der Waals surface area contributed by atoms with E-state index in [1.807, 2.05) is 6.20 Å². The number of rotatable bonds is 4. The van der Waals surface area contributed by atoms with Crippen molar-refractivity contribution < 1.29 is 9.53 Å². The molecule has 1 N–H and O–H groups in total. The number of ether oxygens (including phenoxy) is 1. The van der Waals surface area contributed by atoms with Gasteiger partial charge in [0.2, 0.25) is 0 Å². The van der Waals surface area contributed by atoms with Crippen LogP contribution in [0.2, 0.25) is 0 Å². The number of H-pyrrole nitrogens is 1. The number of hydrogen-bond donors (Lipinski definition) is 1. The van der Waals surface area contributed by atoms with E-state index in [9.17, 15) is 9.59 Å². The average Bonchev–Trinajstić information content (AvgIpc) is 3.22. The second kappa shape index (κ2) is 6.30. The first-order valence-electron chi connectivity index (χ1n) is 9.20. The van der Waals surface area contributed by atoms with Crippen molar-refractivity contribution >= 4 is 28.6 Å². The van der Waals surface area contributed by atoms with Crippen LogP contribution in [-0.4, -0.2) is 28.4 Å². The maximum atomic E-state index is 12.9. The van der Waals surface area contributed by atoms with E-state index < -0.39 is 6.04 Å². The summed E-state index contributed by atoms with van der Waals surface area (Å²) in [6, 6.07) is 9.67. The molecule has 5 rings (SSSR count). The van der Waals surface area contributed by atoms with Gasteiger partial charge in [0.05, 0.1) is 12.1 Å². The molecule has 0 radical (unpaired) electrons. The number of aromatic amines is 1. The Morgan fingerprint density at radius 3 is 2.93 bits per heavy atom. The molecule has 0 saturated heterocycles. The Morgan fingerprint density at radius 1 is 1.30 bits per heavy atom. The van der Waals surface area contributed by atoms with Crippen molar-refractivity contribution in [3.63, 3.8) is 0 Å². The second-order valence-electron chi connectivity index (χ2n) is 7.30. The number of benzene rings is 1. The Labute approximate surface area is 160 Å². The summed E-state index contributed by atoms with van der Waals surface area (Å²) >= 11 is 1.61. The molecule has 0 bridgehead atoms. The molecule has 2 aromatic heterocycles. The van der Waals surface area contributed by atoms with Crippen LogP contribution in [0.15, 0.2) is 46.3 Å². The number of hydrogen-bond acceptors (Lipinski definition) is 4. The highest BCUT2D eigenvalue weighted by Gasteiger charge is 2.38. The van der Waals surface area contributed by atoms with Crippen molar-refractivity contribution in [2.45, 2.75) is 36.2 Å². The van der Waals surface area contributed by atoms with E-state index in [4.69, 9.17) is 4.74 Å². The summed E-state index contributed by atoms with van der Waals surface area (Å²) < 4.78 is 6.56. The third-order valence-corrected chi connectivity index (χ3v) is 6.66. The molecule has 2 aliphatic rings. The predicted octanol–water partition coefficient (Wildman–Crippen LogP) is 3.62. The van der Waals surface area contributed by atoms with Gasteiger partial charge in [0, 0.05) is 23.5 Å². The molecule has 1 aliphatic heterocycles. The Balaban J connectivity index is 1.60. The number of fused-ring (bicyclic) bond motifs is 2. The van der Waals surface area contributed by atoms with Crippen LogP contribution in [0.1, 0.15) is 41.5 Å². The number of esters is 1. The van der Waals surface area contributed by atoms with Crippen LogP contribution in [0.25, 0.3) is 10.9 Å². The number of carbonyl (C=O) groups is 1. The molecule has 1 fully saturated rings.